The number of hydrogen-bond acceptors (Lipinski definition) is 3. The molecule has 0 spiro atoms. The van der Waals surface area contributed by atoms with Crippen LogP contribution in [0.4, 0.5) is 0 Å². The molecule has 1 saturated heterocycles. The van der Waals surface area contributed by atoms with Crippen LogP contribution < -0.4 is 0 Å². The number of carbonyl (C=O) groups is 2. The molecule has 2 amide bonds. The second-order valence-electron chi connectivity index (χ2n) is 2.46. The molecule has 11 heavy (non-hydrogen) atoms. The van der Waals surface area contributed by atoms with Gasteiger partial charge in [0, 0.05) is 12.8 Å². The molecular formula is C7H8N2O2. The van der Waals surface area contributed by atoms with Crippen molar-refractivity contribution >= 4 is 11.8 Å². The van der Waals surface area contributed by atoms with Crippen molar-refractivity contribution in [1.29, 1.82) is 5.26 Å². The molecule has 1 fully saturated rings. The monoisotopic (exact) mass is 152 g/mol. The molecule has 0 unspecified atom stereocenters. The summed E-state index contributed by atoms with van der Waals surface area (Å²) >= 11 is 0. The summed E-state index contributed by atoms with van der Waals surface area (Å²) < 4.78 is 0. The van der Waals surface area contributed by atoms with Crippen LogP contribution >= 0.6 is 0 Å². The smallest absolute Gasteiger partial charge is 0.230 e. The Bertz CT molecular complexity index is 225. The van der Waals surface area contributed by atoms with Gasteiger partial charge >= 0.3 is 0 Å². The molecule has 0 N–H and O–H groups in total. The number of amides is 2. The lowest BCUT2D eigenvalue weighted by Crippen LogP contribution is -2.36. The lowest BCUT2D eigenvalue weighted by Gasteiger charge is -2.14. The van der Waals surface area contributed by atoms with Crippen molar-refractivity contribution in [3.05, 3.63) is 0 Å². The van der Waals surface area contributed by atoms with Gasteiger partial charge < -0.3 is 0 Å². The van der Waals surface area contributed by atoms with Crippen LogP contribution in [0.25, 0.3) is 0 Å². The third-order valence-corrected chi connectivity index (χ3v) is 1.66. The maximum Gasteiger partial charge on any atom is 0.230 e. The van der Waals surface area contributed by atoms with Gasteiger partial charge in [0.05, 0.1) is 6.07 Å². The van der Waals surface area contributed by atoms with Gasteiger partial charge in [-0.15, -0.1) is 0 Å². The van der Waals surface area contributed by atoms with Gasteiger partial charge in [-0.2, -0.15) is 5.26 Å². The quantitative estimate of drug-likeness (QED) is 0.498. The average Bonchev–Trinajstić information content (AvgIpc) is 2.30. The Morgan fingerprint density at radius 3 is 2.27 bits per heavy atom. The van der Waals surface area contributed by atoms with E-state index in [0.29, 0.717) is 0 Å². The zero-order valence-electron chi connectivity index (χ0n) is 6.20. The van der Waals surface area contributed by atoms with E-state index in [4.69, 9.17) is 5.26 Å². The lowest BCUT2D eigenvalue weighted by atomic mass is 10.3. The lowest BCUT2D eigenvalue weighted by molar-refractivity contribution is -0.139. The summed E-state index contributed by atoms with van der Waals surface area (Å²) in [5, 5.41) is 8.43. The molecule has 0 radical (unpaired) electrons. The Morgan fingerprint density at radius 1 is 1.45 bits per heavy atom. The van der Waals surface area contributed by atoms with Crippen molar-refractivity contribution in [2.45, 2.75) is 25.8 Å². The molecule has 1 atom stereocenters. The SMILES string of the molecule is C[C@H](C#N)N1C(=O)CCC1=O. The largest absolute Gasteiger partial charge is 0.274 e. The predicted molar refractivity (Wildman–Crippen MR) is 36.2 cm³/mol. The van der Waals surface area contributed by atoms with E-state index in [9.17, 15) is 9.59 Å². The number of rotatable bonds is 1. The van der Waals surface area contributed by atoms with Gasteiger partial charge in [0.1, 0.15) is 6.04 Å². The Balaban J connectivity index is 2.78. The fraction of sp³-hybridized carbons (Fsp3) is 0.571. The zero-order valence-corrected chi connectivity index (χ0v) is 6.20. The van der Waals surface area contributed by atoms with Crippen LogP contribution in [0.2, 0.25) is 0 Å². The number of likely N-dealkylation sites (tertiary alicyclic amines) is 1. The summed E-state index contributed by atoms with van der Waals surface area (Å²) in [5.74, 6) is -0.465. The van der Waals surface area contributed by atoms with E-state index in [1.807, 2.05) is 6.07 Å². The third kappa shape index (κ3) is 1.22. The molecule has 4 nitrogen and oxygen atoms in total. The summed E-state index contributed by atoms with van der Waals surface area (Å²) in [4.78, 5) is 22.9. The number of carbonyl (C=O) groups excluding carboxylic acids is 2. The molecule has 0 saturated carbocycles. The first kappa shape index (κ1) is 7.73. The van der Waals surface area contributed by atoms with Crippen molar-refractivity contribution in [2.24, 2.45) is 0 Å². The van der Waals surface area contributed by atoms with E-state index >= 15 is 0 Å². The van der Waals surface area contributed by atoms with Crippen molar-refractivity contribution in [3.63, 3.8) is 0 Å². The van der Waals surface area contributed by atoms with Gasteiger partial charge in [-0.3, -0.25) is 14.5 Å². The van der Waals surface area contributed by atoms with E-state index in [0.717, 1.165) is 4.90 Å². The van der Waals surface area contributed by atoms with Crippen LogP contribution in [0, 0.1) is 11.3 Å². The van der Waals surface area contributed by atoms with Crippen molar-refractivity contribution in [1.82, 2.24) is 4.90 Å². The predicted octanol–water partition coefficient (Wildman–Crippen LogP) is 0.0475. The summed E-state index contributed by atoms with van der Waals surface area (Å²) in [6, 6.07) is 1.24. The van der Waals surface area contributed by atoms with Crippen LogP contribution in [0.5, 0.6) is 0 Å². The minimum atomic E-state index is -0.613. The van der Waals surface area contributed by atoms with E-state index in [1.54, 1.807) is 6.92 Å². The highest BCUT2D eigenvalue weighted by atomic mass is 16.2. The Kier molecular flexibility index (Phi) is 1.90. The Hall–Kier alpha value is -1.37. The van der Waals surface area contributed by atoms with Crippen LogP contribution in [-0.2, 0) is 9.59 Å². The third-order valence-electron chi connectivity index (χ3n) is 1.66. The van der Waals surface area contributed by atoms with Crippen molar-refractivity contribution < 1.29 is 9.59 Å². The normalized spacial score (nSPS) is 20.2. The highest BCUT2D eigenvalue weighted by molar-refractivity contribution is 6.02. The Morgan fingerprint density at radius 2 is 1.91 bits per heavy atom. The number of nitrogens with zero attached hydrogens (tertiary/aromatic N) is 2. The van der Waals surface area contributed by atoms with Crippen molar-refractivity contribution in [3.8, 4) is 6.07 Å². The molecule has 0 aromatic rings. The standard InChI is InChI=1S/C7H8N2O2/c1-5(4-8)9-6(10)2-3-7(9)11/h5H,2-3H2,1H3/t5-/m1/s1. The van der Waals surface area contributed by atoms with Gasteiger partial charge in [0.25, 0.3) is 0 Å². The molecule has 58 valence electrons. The minimum Gasteiger partial charge on any atom is -0.274 e. The molecule has 1 rings (SSSR count). The van der Waals surface area contributed by atoms with Gasteiger partial charge in [-0.05, 0) is 6.92 Å². The molecule has 1 aliphatic heterocycles. The summed E-state index contributed by atoms with van der Waals surface area (Å²) in [6.45, 7) is 1.54. The fourth-order valence-corrected chi connectivity index (χ4v) is 1.08. The van der Waals surface area contributed by atoms with Crippen molar-refractivity contribution in [2.75, 3.05) is 0 Å². The first-order valence-electron chi connectivity index (χ1n) is 3.41. The maximum absolute atomic E-state index is 10.9. The molecular weight excluding hydrogens is 144 g/mol. The van der Waals surface area contributed by atoms with Gasteiger partial charge in [0.2, 0.25) is 11.8 Å². The zero-order chi connectivity index (χ0) is 8.43. The first-order chi connectivity index (χ1) is 5.16. The van der Waals surface area contributed by atoms with E-state index in [2.05, 4.69) is 0 Å². The van der Waals surface area contributed by atoms with Crippen LogP contribution in [0.1, 0.15) is 19.8 Å². The van der Waals surface area contributed by atoms with E-state index < -0.39 is 6.04 Å². The van der Waals surface area contributed by atoms with Gasteiger partial charge in [0.15, 0.2) is 0 Å². The molecule has 0 bridgehead atoms. The molecule has 0 aliphatic carbocycles. The number of nitriles is 1. The average molecular weight is 152 g/mol. The first-order valence-corrected chi connectivity index (χ1v) is 3.41. The molecule has 1 heterocycles. The topological polar surface area (TPSA) is 61.2 Å². The summed E-state index contributed by atoms with van der Waals surface area (Å²) in [6.07, 6.45) is 0.510. The summed E-state index contributed by atoms with van der Waals surface area (Å²) in [7, 11) is 0. The molecule has 0 aromatic heterocycles. The minimum absolute atomic E-state index is 0.232. The fourth-order valence-electron chi connectivity index (χ4n) is 1.08. The molecule has 0 aromatic carbocycles. The molecule has 1 aliphatic rings. The maximum atomic E-state index is 10.9. The van der Waals surface area contributed by atoms with E-state index in [-0.39, 0.29) is 24.7 Å². The second kappa shape index (κ2) is 2.70. The molecule has 4 heteroatoms. The van der Waals surface area contributed by atoms with Crippen LogP contribution in [-0.4, -0.2) is 22.8 Å². The number of hydrogen-bond donors (Lipinski definition) is 0. The van der Waals surface area contributed by atoms with Gasteiger partial charge in [-0.1, -0.05) is 0 Å². The second-order valence-corrected chi connectivity index (χ2v) is 2.46. The van der Waals surface area contributed by atoms with E-state index in [1.165, 1.54) is 0 Å². The van der Waals surface area contributed by atoms with Crippen LogP contribution in [0.15, 0.2) is 0 Å². The Labute approximate surface area is 64.4 Å². The number of imide groups is 1. The van der Waals surface area contributed by atoms with Gasteiger partial charge in [-0.25, -0.2) is 0 Å². The highest BCUT2D eigenvalue weighted by Gasteiger charge is 2.32. The summed E-state index contributed by atoms with van der Waals surface area (Å²) in [5.41, 5.74) is 0. The highest BCUT2D eigenvalue weighted by Crippen LogP contribution is 2.14. The van der Waals surface area contributed by atoms with Crippen LogP contribution in [0.3, 0.4) is 0 Å².